The van der Waals surface area contributed by atoms with Crippen molar-refractivity contribution in [3.05, 3.63) is 47.9 Å². The van der Waals surface area contributed by atoms with Crippen LogP contribution in [0.5, 0.6) is 6.01 Å². The second kappa shape index (κ2) is 5.47. The van der Waals surface area contributed by atoms with Gasteiger partial charge in [0.05, 0.1) is 12.7 Å². The van der Waals surface area contributed by atoms with Crippen LogP contribution in [-0.2, 0) is 13.2 Å². The van der Waals surface area contributed by atoms with Crippen molar-refractivity contribution in [2.24, 2.45) is 0 Å². The molecule has 0 aromatic carbocycles. The quantitative estimate of drug-likeness (QED) is 0.683. The van der Waals surface area contributed by atoms with Crippen LogP contribution < -0.4 is 4.74 Å². The van der Waals surface area contributed by atoms with Gasteiger partial charge >= 0.3 is 6.01 Å². The van der Waals surface area contributed by atoms with E-state index in [4.69, 9.17) is 9.26 Å². The predicted molar refractivity (Wildman–Crippen MR) is 66.7 cm³/mol. The van der Waals surface area contributed by atoms with Gasteiger partial charge in [0, 0.05) is 18.5 Å². The number of nitrogens with zero attached hydrogens (tertiary/aromatic N) is 6. The minimum Gasteiger partial charge on any atom is -0.457 e. The Morgan fingerprint density at radius 2 is 2.10 bits per heavy atom. The molecule has 3 aromatic rings. The van der Waals surface area contributed by atoms with Gasteiger partial charge in [0.15, 0.2) is 0 Å². The van der Waals surface area contributed by atoms with E-state index >= 15 is 0 Å². The van der Waals surface area contributed by atoms with E-state index in [-0.39, 0.29) is 6.61 Å². The average Bonchev–Trinajstić information content (AvgIpc) is 3.08. The maximum Gasteiger partial charge on any atom is 0.316 e. The zero-order valence-electron chi connectivity index (χ0n) is 10.8. The van der Waals surface area contributed by atoms with Crippen LogP contribution in [0.1, 0.15) is 17.1 Å². The van der Waals surface area contributed by atoms with Gasteiger partial charge in [0.2, 0.25) is 0 Å². The Bertz CT molecular complexity index is 678. The molecule has 0 aliphatic carbocycles. The van der Waals surface area contributed by atoms with Crippen molar-refractivity contribution in [2.75, 3.05) is 0 Å². The maximum absolute atomic E-state index is 5.39. The van der Waals surface area contributed by atoms with Gasteiger partial charge < -0.3 is 9.26 Å². The minimum atomic E-state index is 0.266. The first-order valence-corrected chi connectivity index (χ1v) is 6.00. The third-order valence-electron chi connectivity index (χ3n) is 2.48. The third kappa shape index (κ3) is 2.97. The third-order valence-corrected chi connectivity index (χ3v) is 2.48. The second-order valence-corrected chi connectivity index (χ2v) is 4.16. The van der Waals surface area contributed by atoms with Crippen molar-refractivity contribution in [1.29, 1.82) is 0 Å². The molecule has 0 bridgehead atoms. The predicted octanol–water partition coefficient (Wildman–Crippen LogP) is 0.992. The van der Waals surface area contributed by atoms with E-state index in [1.54, 1.807) is 29.3 Å². The van der Waals surface area contributed by atoms with Crippen molar-refractivity contribution in [3.63, 3.8) is 0 Å². The Hall–Kier alpha value is -2.77. The van der Waals surface area contributed by atoms with Crippen LogP contribution in [-0.4, -0.2) is 30.1 Å². The second-order valence-electron chi connectivity index (χ2n) is 4.16. The molecule has 3 aromatic heterocycles. The van der Waals surface area contributed by atoms with Gasteiger partial charge in [-0.3, -0.25) is 0 Å². The van der Waals surface area contributed by atoms with Crippen LogP contribution in [0.3, 0.4) is 0 Å². The molecule has 0 aliphatic rings. The smallest absolute Gasteiger partial charge is 0.316 e. The molecule has 0 spiro atoms. The van der Waals surface area contributed by atoms with E-state index in [2.05, 4.69) is 25.4 Å². The van der Waals surface area contributed by atoms with Gasteiger partial charge in [0.25, 0.3) is 0 Å². The zero-order chi connectivity index (χ0) is 13.8. The largest absolute Gasteiger partial charge is 0.457 e. The van der Waals surface area contributed by atoms with Crippen LogP contribution in [0.15, 0.2) is 35.2 Å². The van der Waals surface area contributed by atoms with Crippen molar-refractivity contribution in [3.8, 4) is 6.01 Å². The number of aromatic nitrogens is 6. The Morgan fingerprint density at radius 1 is 1.25 bits per heavy atom. The topological polar surface area (TPSA) is 91.8 Å². The standard InChI is InChI=1S/C12H12N6O2/c1-9-5-10(16-20-9)6-18-7-11(15-17-18)8-19-12-13-3-2-4-14-12/h2-5,7H,6,8H2,1H3. The first-order chi connectivity index (χ1) is 9.79. The highest BCUT2D eigenvalue weighted by Gasteiger charge is 2.06. The molecule has 8 nitrogen and oxygen atoms in total. The van der Waals surface area contributed by atoms with Crippen LogP contribution >= 0.6 is 0 Å². The number of rotatable bonds is 5. The summed E-state index contributed by atoms with van der Waals surface area (Å²) >= 11 is 0. The number of hydrogen-bond donors (Lipinski definition) is 0. The lowest BCUT2D eigenvalue weighted by molar-refractivity contribution is 0.276. The summed E-state index contributed by atoms with van der Waals surface area (Å²) in [5, 5.41) is 11.9. The van der Waals surface area contributed by atoms with E-state index < -0.39 is 0 Å². The molecule has 3 heterocycles. The molecule has 102 valence electrons. The average molecular weight is 272 g/mol. The van der Waals surface area contributed by atoms with Crippen LogP contribution in [0.4, 0.5) is 0 Å². The summed E-state index contributed by atoms with van der Waals surface area (Å²) in [6.45, 7) is 2.62. The van der Waals surface area contributed by atoms with E-state index in [0.29, 0.717) is 18.2 Å². The van der Waals surface area contributed by atoms with Crippen molar-refractivity contribution >= 4 is 0 Å². The minimum absolute atomic E-state index is 0.266. The highest BCUT2D eigenvalue weighted by Crippen LogP contribution is 2.05. The van der Waals surface area contributed by atoms with Gasteiger partial charge in [-0.2, -0.15) is 0 Å². The van der Waals surface area contributed by atoms with E-state index in [1.807, 2.05) is 13.0 Å². The summed E-state index contributed by atoms with van der Waals surface area (Å²) in [5.74, 6) is 0.768. The molecular formula is C12H12N6O2. The summed E-state index contributed by atoms with van der Waals surface area (Å²) in [7, 11) is 0. The molecule has 0 N–H and O–H groups in total. The summed E-state index contributed by atoms with van der Waals surface area (Å²) in [6.07, 6.45) is 5.02. The number of ether oxygens (including phenoxy) is 1. The summed E-state index contributed by atoms with van der Waals surface area (Å²) in [5.41, 5.74) is 1.49. The molecule has 0 aliphatic heterocycles. The molecule has 0 radical (unpaired) electrons. The molecule has 0 saturated heterocycles. The molecular weight excluding hydrogens is 260 g/mol. The number of hydrogen-bond acceptors (Lipinski definition) is 7. The molecule has 20 heavy (non-hydrogen) atoms. The first-order valence-electron chi connectivity index (χ1n) is 6.00. The maximum atomic E-state index is 5.39. The highest BCUT2D eigenvalue weighted by molar-refractivity contribution is 5.04. The van der Waals surface area contributed by atoms with E-state index in [1.165, 1.54) is 0 Å². The Labute approximate surface area is 114 Å². The molecule has 3 rings (SSSR count). The van der Waals surface area contributed by atoms with Gasteiger partial charge in [0.1, 0.15) is 23.8 Å². The van der Waals surface area contributed by atoms with Crippen molar-refractivity contribution < 1.29 is 9.26 Å². The molecule has 0 saturated carbocycles. The van der Waals surface area contributed by atoms with Gasteiger partial charge in [-0.25, -0.2) is 14.6 Å². The fourth-order valence-corrected chi connectivity index (χ4v) is 1.64. The lowest BCUT2D eigenvalue weighted by atomic mass is 10.4. The normalized spacial score (nSPS) is 10.7. The molecule has 0 unspecified atom stereocenters. The monoisotopic (exact) mass is 272 g/mol. The lowest BCUT2D eigenvalue weighted by Gasteiger charge is -1.99. The lowest BCUT2D eigenvalue weighted by Crippen LogP contribution is -2.00. The summed E-state index contributed by atoms with van der Waals surface area (Å²) < 4.78 is 12.1. The van der Waals surface area contributed by atoms with E-state index in [0.717, 1.165) is 11.5 Å². The van der Waals surface area contributed by atoms with Crippen molar-refractivity contribution in [2.45, 2.75) is 20.1 Å². The van der Waals surface area contributed by atoms with E-state index in [9.17, 15) is 0 Å². The van der Waals surface area contributed by atoms with Gasteiger partial charge in [-0.1, -0.05) is 10.4 Å². The molecule has 0 atom stereocenters. The fraction of sp³-hybridized carbons (Fsp3) is 0.250. The van der Waals surface area contributed by atoms with Crippen LogP contribution in [0, 0.1) is 6.92 Å². The Kier molecular flexibility index (Phi) is 3.36. The number of aryl methyl sites for hydroxylation is 1. The van der Waals surface area contributed by atoms with Gasteiger partial charge in [-0.15, -0.1) is 5.10 Å². The Balaban J connectivity index is 1.59. The first kappa shape index (κ1) is 12.3. The molecule has 0 fully saturated rings. The Morgan fingerprint density at radius 3 is 2.85 bits per heavy atom. The summed E-state index contributed by atoms with van der Waals surface area (Å²) in [6, 6.07) is 3.90. The van der Waals surface area contributed by atoms with Crippen LogP contribution in [0.2, 0.25) is 0 Å². The van der Waals surface area contributed by atoms with Crippen molar-refractivity contribution in [1.82, 2.24) is 30.1 Å². The SMILES string of the molecule is Cc1cc(Cn2cc(COc3ncccn3)nn2)no1. The fourth-order valence-electron chi connectivity index (χ4n) is 1.64. The van der Waals surface area contributed by atoms with Crippen LogP contribution in [0.25, 0.3) is 0 Å². The summed E-state index contributed by atoms with van der Waals surface area (Å²) in [4.78, 5) is 7.92. The highest BCUT2D eigenvalue weighted by atomic mass is 16.5. The zero-order valence-corrected chi connectivity index (χ0v) is 10.8. The molecule has 8 heteroatoms. The molecule has 0 amide bonds. The van der Waals surface area contributed by atoms with Gasteiger partial charge in [-0.05, 0) is 13.0 Å².